The van der Waals surface area contributed by atoms with Crippen LogP contribution in [0.3, 0.4) is 0 Å². The molecule has 2 N–H and O–H groups in total. The van der Waals surface area contributed by atoms with Gasteiger partial charge in [-0.2, -0.15) is 0 Å². The molecule has 1 aromatic heterocycles. The number of hydrogen-bond donors (Lipinski definition) is 2. The first-order chi connectivity index (χ1) is 8.99. The third kappa shape index (κ3) is 2.85. The van der Waals surface area contributed by atoms with Crippen molar-refractivity contribution in [2.45, 2.75) is 13.5 Å². The van der Waals surface area contributed by atoms with Crippen molar-refractivity contribution < 1.29 is 14.3 Å². The van der Waals surface area contributed by atoms with Crippen molar-refractivity contribution >= 4 is 17.1 Å². The SMILES string of the molecule is CC(CNCc1ccc2c(c1)oc(=O)n2C)C(=O)O. The Bertz CT molecular complexity index is 656. The minimum Gasteiger partial charge on any atom is -0.481 e. The van der Waals surface area contributed by atoms with Crippen molar-refractivity contribution in [2.24, 2.45) is 13.0 Å². The van der Waals surface area contributed by atoms with Crippen molar-refractivity contribution in [1.82, 2.24) is 9.88 Å². The summed E-state index contributed by atoms with van der Waals surface area (Å²) in [5.74, 6) is -1.64. The van der Waals surface area contributed by atoms with Gasteiger partial charge < -0.3 is 14.8 Å². The molecule has 0 fully saturated rings. The molecule has 1 heterocycles. The number of oxazole rings is 1. The molecule has 1 aromatic carbocycles. The first-order valence-electron chi connectivity index (χ1n) is 6.01. The Hall–Kier alpha value is -2.08. The number of fused-ring (bicyclic) bond motifs is 1. The van der Waals surface area contributed by atoms with Crippen molar-refractivity contribution in [1.29, 1.82) is 0 Å². The van der Waals surface area contributed by atoms with Crippen molar-refractivity contribution in [2.75, 3.05) is 6.54 Å². The number of carbonyl (C=O) groups is 1. The van der Waals surface area contributed by atoms with E-state index >= 15 is 0 Å². The van der Waals surface area contributed by atoms with E-state index in [0.717, 1.165) is 11.1 Å². The maximum Gasteiger partial charge on any atom is 0.419 e. The van der Waals surface area contributed by atoms with Crippen molar-refractivity contribution in [3.63, 3.8) is 0 Å². The summed E-state index contributed by atoms with van der Waals surface area (Å²) in [4.78, 5) is 22.0. The van der Waals surface area contributed by atoms with Crippen molar-refractivity contribution in [3.05, 3.63) is 34.3 Å². The molecule has 6 nitrogen and oxygen atoms in total. The lowest BCUT2D eigenvalue weighted by molar-refractivity contribution is -0.140. The Morgan fingerprint density at radius 1 is 1.53 bits per heavy atom. The van der Waals surface area contributed by atoms with Crippen LogP contribution in [0.2, 0.25) is 0 Å². The molecule has 6 heteroatoms. The van der Waals surface area contributed by atoms with Gasteiger partial charge in [0.2, 0.25) is 0 Å². The highest BCUT2D eigenvalue weighted by molar-refractivity contribution is 5.73. The summed E-state index contributed by atoms with van der Waals surface area (Å²) in [5.41, 5.74) is 2.23. The van der Waals surface area contributed by atoms with E-state index in [9.17, 15) is 9.59 Å². The van der Waals surface area contributed by atoms with Crippen LogP contribution in [0.25, 0.3) is 11.1 Å². The number of rotatable bonds is 5. The second-order valence-corrected chi connectivity index (χ2v) is 4.60. The zero-order valence-electron chi connectivity index (χ0n) is 10.8. The van der Waals surface area contributed by atoms with Gasteiger partial charge in [0, 0.05) is 20.1 Å². The number of nitrogens with zero attached hydrogens (tertiary/aromatic N) is 1. The number of benzene rings is 1. The topological polar surface area (TPSA) is 84.5 Å². The van der Waals surface area contributed by atoms with Crippen LogP contribution in [-0.4, -0.2) is 22.2 Å². The monoisotopic (exact) mass is 264 g/mol. The molecule has 0 radical (unpaired) electrons. The van der Waals surface area contributed by atoms with E-state index in [0.29, 0.717) is 18.7 Å². The van der Waals surface area contributed by atoms with Crippen LogP contribution in [0.5, 0.6) is 0 Å². The molecule has 0 aliphatic rings. The summed E-state index contributed by atoms with van der Waals surface area (Å²) in [7, 11) is 1.65. The molecule has 0 aliphatic heterocycles. The lowest BCUT2D eigenvalue weighted by Crippen LogP contribution is -2.25. The Balaban J connectivity index is 2.06. The molecule has 2 aromatic rings. The molecule has 1 atom stereocenters. The standard InChI is InChI=1S/C13H16N2O4/c1-8(12(16)17)6-14-7-9-3-4-10-11(5-9)19-13(18)15(10)2/h3-5,8,14H,6-7H2,1-2H3,(H,16,17). The summed E-state index contributed by atoms with van der Waals surface area (Å²) in [6.07, 6.45) is 0. The number of carboxylic acids is 1. The molecule has 0 saturated carbocycles. The first-order valence-corrected chi connectivity index (χ1v) is 6.01. The van der Waals surface area contributed by atoms with Crippen LogP contribution in [-0.2, 0) is 18.4 Å². The Kier molecular flexibility index (Phi) is 3.71. The quantitative estimate of drug-likeness (QED) is 0.839. The summed E-state index contributed by atoms with van der Waals surface area (Å²) < 4.78 is 6.53. The fraction of sp³-hybridized carbons (Fsp3) is 0.385. The van der Waals surface area contributed by atoms with Gasteiger partial charge in [-0.15, -0.1) is 0 Å². The van der Waals surface area contributed by atoms with Crippen LogP contribution in [0, 0.1) is 5.92 Å². The molecule has 0 bridgehead atoms. The number of carboxylic acid groups (broad SMARTS) is 1. The molecule has 0 spiro atoms. The highest BCUT2D eigenvalue weighted by Crippen LogP contribution is 2.14. The Morgan fingerprint density at radius 3 is 2.95 bits per heavy atom. The van der Waals surface area contributed by atoms with E-state index in [2.05, 4.69) is 5.32 Å². The molecular formula is C13H16N2O4. The highest BCUT2D eigenvalue weighted by Gasteiger charge is 2.10. The van der Waals surface area contributed by atoms with Gasteiger partial charge in [0.15, 0.2) is 5.58 Å². The number of aliphatic carboxylic acids is 1. The third-order valence-electron chi connectivity index (χ3n) is 3.06. The smallest absolute Gasteiger partial charge is 0.419 e. The van der Waals surface area contributed by atoms with Gasteiger partial charge in [0.05, 0.1) is 11.4 Å². The molecule has 0 aliphatic carbocycles. The largest absolute Gasteiger partial charge is 0.481 e. The van der Waals surface area contributed by atoms with Gasteiger partial charge in [-0.25, -0.2) is 4.79 Å². The summed E-state index contributed by atoms with van der Waals surface area (Å²) in [6, 6.07) is 5.49. The predicted molar refractivity (Wildman–Crippen MR) is 70.0 cm³/mol. The molecule has 0 amide bonds. The van der Waals surface area contributed by atoms with E-state index in [-0.39, 0.29) is 5.76 Å². The van der Waals surface area contributed by atoms with Crippen molar-refractivity contribution in [3.8, 4) is 0 Å². The van der Waals surface area contributed by atoms with Gasteiger partial charge in [-0.3, -0.25) is 9.36 Å². The molecule has 1 unspecified atom stereocenters. The maximum absolute atomic E-state index is 11.3. The number of aryl methyl sites for hydroxylation is 1. The van der Waals surface area contributed by atoms with Gasteiger partial charge in [-0.05, 0) is 17.7 Å². The fourth-order valence-electron chi connectivity index (χ4n) is 1.81. The van der Waals surface area contributed by atoms with Crippen LogP contribution in [0.1, 0.15) is 12.5 Å². The number of nitrogens with one attached hydrogen (secondary N) is 1. The maximum atomic E-state index is 11.3. The van der Waals surface area contributed by atoms with Gasteiger partial charge in [0.25, 0.3) is 0 Å². The predicted octanol–water partition coefficient (Wildman–Crippen LogP) is 0.942. The second kappa shape index (κ2) is 5.27. The van der Waals surface area contributed by atoms with Gasteiger partial charge in [-0.1, -0.05) is 13.0 Å². The zero-order chi connectivity index (χ0) is 14.0. The van der Waals surface area contributed by atoms with Crippen LogP contribution in [0.15, 0.2) is 27.4 Å². The molecule has 102 valence electrons. The molecule has 0 saturated heterocycles. The van der Waals surface area contributed by atoms with E-state index in [4.69, 9.17) is 9.52 Å². The average molecular weight is 264 g/mol. The molecular weight excluding hydrogens is 248 g/mol. The minimum absolute atomic E-state index is 0.389. The van der Waals surface area contributed by atoms with Crippen LogP contribution >= 0.6 is 0 Å². The van der Waals surface area contributed by atoms with Crippen LogP contribution < -0.4 is 11.1 Å². The lowest BCUT2D eigenvalue weighted by atomic mass is 10.1. The third-order valence-corrected chi connectivity index (χ3v) is 3.06. The van der Waals surface area contributed by atoms with Gasteiger partial charge in [0.1, 0.15) is 0 Å². The normalized spacial score (nSPS) is 12.7. The zero-order valence-corrected chi connectivity index (χ0v) is 10.8. The minimum atomic E-state index is -0.822. The summed E-state index contributed by atoms with van der Waals surface area (Å²) in [5, 5.41) is 11.8. The molecule has 2 rings (SSSR count). The molecule has 19 heavy (non-hydrogen) atoms. The van der Waals surface area contributed by atoms with E-state index < -0.39 is 11.9 Å². The Morgan fingerprint density at radius 2 is 2.26 bits per heavy atom. The van der Waals surface area contributed by atoms with E-state index in [1.54, 1.807) is 20.0 Å². The summed E-state index contributed by atoms with van der Waals surface area (Å²) >= 11 is 0. The van der Waals surface area contributed by atoms with E-state index in [1.165, 1.54) is 4.57 Å². The lowest BCUT2D eigenvalue weighted by Gasteiger charge is -2.08. The van der Waals surface area contributed by atoms with E-state index in [1.807, 2.05) is 12.1 Å². The van der Waals surface area contributed by atoms with Gasteiger partial charge >= 0.3 is 11.7 Å². The highest BCUT2D eigenvalue weighted by atomic mass is 16.4. The average Bonchev–Trinajstić information content (AvgIpc) is 2.64. The first kappa shape index (κ1) is 13.4. The second-order valence-electron chi connectivity index (χ2n) is 4.60. The fourth-order valence-corrected chi connectivity index (χ4v) is 1.81. The number of aromatic nitrogens is 1. The summed E-state index contributed by atoms with van der Waals surface area (Å²) in [6.45, 7) is 2.58. The number of hydrogen-bond acceptors (Lipinski definition) is 4. The Labute approximate surface area is 109 Å². The van der Waals surface area contributed by atoms with Crippen LogP contribution in [0.4, 0.5) is 0 Å².